The Balaban J connectivity index is 1.41. The molecule has 0 amide bonds. The molecule has 1 aliphatic heterocycles. The fourth-order valence-corrected chi connectivity index (χ4v) is 6.61. The van der Waals surface area contributed by atoms with E-state index in [0.717, 1.165) is 53.3 Å². The second-order valence-electron chi connectivity index (χ2n) is 10.2. The molecule has 2 aliphatic rings. The van der Waals surface area contributed by atoms with Crippen LogP contribution in [-0.2, 0) is 12.8 Å². The standard InChI is InChI=1S/C27H37N5O2S/c1-17-13-21(22(14-18(17)2)34-12-11-32-9-5-6-10-32)30-25-24-20-8-7-19(27(33)31(3)4)15-23(20)35-26(24)29-16-28-25/h13-14,16,19,27,33H,5-12,15H2,1-4H3,(H,28,29,30). The van der Waals surface area contributed by atoms with E-state index in [1.165, 1.54) is 47.5 Å². The lowest BCUT2D eigenvalue weighted by molar-refractivity contribution is -0.0142. The number of aryl methyl sites for hydroxylation is 3. The van der Waals surface area contributed by atoms with Gasteiger partial charge in [0, 0.05) is 17.3 Å². The third kappa shape index (κ3) is 5.16. The highest BCUT2D eigenvalue weighted by atomic mass is 32.1. The van der Waals surface area contributed by atoms with Gasteiger partial charge in [0.1, 0.15) is 35.6 Å². The summed E-state index contributed by atoms with van der Waals surface area (Å²) in [6.07, 6.45) is 6.57. The van der Waals surface area contributed by atoms with E-state index in [4.69, 9.17) is 4.74 Å². The summed E-state index contributed by atoms with van der Waals surface area (Å²) < 4.78 is 6.30. The molecule has 1 saturated heterocycles. The zero-order chi connectivity index (χ0) is 24.5. The van der Waals surface area contributed by atoms with Crippen molar-refractivity contribution in [3.63, 3.8) is 0 Å². The predicted molar refractivity (Wildman–Crippen MR) is 143 cm³/mol. The average molecular weight is 496 g/mol. The van der Waals surface area contributed by atoms with Gasteiger partial charge in [0.2, 0.25) is 0 Å². The quantitative estimate of drug-likeness (QED) is 0.446. The Morgan fingerprint density at radius 2 is 1.97 bits per heavy atom. The molecule has 2 N–H and O–H groups in total. The first-order valence-electron chi connectivity index (χ1n) is 12.7. The van der Waals surface area contributed by atoms with Gasteiger partial charge in [-0.1, -0.05) is 0 Å². The van der Waals surface area contributed by atoms with Gasteiger partial charge in [-0.15, -0.1) is 11.3 Å². The van der Waals surface area contributed by atoms with Crippen molar-refractivity contribution in [2.45, 2.75) is 52.2 Å². The topological polar surface area (TPSA) is 73.8 Å². The number of aliphatic hydroxyl groups is 1. The molecule has 35 heavy (non-hydrogen) atoms. The summed E-state index contributed by atoms with van der Waals surface area (Å²) in [4.78, 5) is 16.0. The zero-order valence-electron chi connectivity index (χ0n) is 21.3. The molecule has 1 aromatic carbocycles. The van der Waals surface area contributed by atoms with Crippen LogP contribution >= 0.6 is 11.3 Å². The van der Waals surface area contributed by atoms with Crippen molar-refractivity contribution in [1.82, 2.24) is 19.8 Å². The number of aromatic nitrogens is 2. The van der Waals surface area contributed by atoms with Crippen LogP contribution in [0.15, 0.2) is 18.5 Å². The molecule has 0 saturated carbocycles. The highest BCUT2D eigenvalue weighted by molar-refractivity contribution is 7.19. The minimum absolute atomic E-state index is 0.241. The third-order valence-electron chi connectivity index (χ3n) is 7.55. The van der Waals surface area contributed by atoms with Crippen LogP contribution in [0.1, 0.15) is 40.8 Å². The normalized spacial score (nSPS) is 19.3. The predicted octanol–water partition coefficient (Wildman–Crippen LogP) is 4.51. The van der Waals surface area contributed by atoms with Gasteiger partial charge in [0.15, 0.2) is 0 Å². The molecular weight excluding hydrogens is 458 g/mol. The largest absolute Gasteiger partial charge is 0.490 e. The molecule has 2 aromatic heterocycles. The summed E-state index contributed by atoms with van der Waals surface area (Å²) in [5.74, 6) is 1.95. The maximum atomic E-state index is 10.6. The molecule has 1 aliphatic carbocycles. The molecule has 2 unspecified atom stereocenters. The van der Waals surface area contributed by atoms with Gasteiger partial charge in [-0.25, -0.2) is 9.97 Å². The van der Waals surface area contributed by atoms with Crippen LogP contribution in [-0.4, -0.2) is 71.4 Å². The summed E-state index contributed by atoms with van der Waals surface area (Å²) in [5.41, 5.74) is 4.72. The molecule has 0 bridgehead atoms. The van der Waals surface area contributed by atoms with Crippen LogP contribution in [0.2, 0.25) is 0 Å². The molecule has 0 spiro atoms. The highest BCUT2D eigenvalue weighted by Crippen LogP contribution is 2.42. The summed E-state index contributed by atoms with van der Waals surface area (Å²) in [5, 5.41) is 15.3. The molecule has 188 valence electrons. The van der Waals surface area contributed by atoms with Crippen LogP contribution in [0.25, 0.3) is 10.2 Å². The zero-order valence-corrected chi connectivity index (χ0v) is 22.1. The monoisotopic (exact) mass is 495 g/mol. The number of hydrogen-bond donors (Lipinski definition) is 2. The van der Waals surface area contributed by atoms with Crippen LogP contribution in [0.4, 0.5) is 11.5 Å². The van der Waals surface area contributed by atoms with Crippen molar-refractivity contribution in [3.8, 4) is 5.75 Å². The summed E-state index contributed by atoms with van der Waals surface area (Å²) in [6.45, 7) is 8.25. The number of ether oxygens (including phenoxy) is 1. The molecule has 8 heteroatoms. The van der Waals surface area contributed by atoms with E-state index in [2.05, 4.69) is 46.2 Å². The molecule has 3 aromatic rings. The van der Waals surface area contributed by atoms with Gasteiger partial charge in [-0.2, -0.15) is 0 Å². The molecule has 5 rings (SSSR count). The number of thiophene rings is 1. The van der Waals surface area contributed by atoms with E-state index >= 15 is 0 Å². The smallest absolute Gasteiger partial charge is 0.143 e. The first kappa shape index (κ1) is 24.4. The lowest BCUT2D eigenvalue weighted by Crippen LogP contribution is -2.37. The third-order valence-corrected chi connectivity index (χ3v) is 8.71. The highest BCUT2D eigenvalue weighted by Gasteiger charge is 2.30. The molecule has 3 heterocycles. The number of fused-ring (bicyclic) bond motifs is 3. The number of benzene rings is 1. The Bertz CT molecular complexity index is 1190. The summed E-state index contributed by atoms with van der Waals surface area (Å²) in [7, 11) is 3.87. The molecule has 0 radical (unpaired) electrons. The van der Waals surface area contributed by atoms with Gasteiger partial charge >= 0.3 is 0 Å². The van der Waals surface area contributed by atoms with Crippen molar-refractivity contribution in [2.75, 3.05) is 45.7 Å². The van der Waals surface area contributed by atoms with Gasteiger partial charge in [-0.3, -0.25) is 9.80 Å². The Hall–Kier alpha value is -2.26. The van der Waals surface area contributed by atoms with Gasteiger partial charge in [0.05, 0.1) is 11.1 Å². The van der Waals surface area contributed by atoms with Crippen LogP contribution in [0.5, 0.6) is 5.75 Å². The van der Waals surface area contributed by atoms with E-state index in [1.54, 1.807) is 17.7 Å². The van der Waals surface area contributed by atoms with Crippen LogP contribution in [0, 0.1) is 19.8 Å². The van der Waals surface area contributed by atoms with Crippen molar-refractivity contribution >= 4 is 33.1 Å². The van der Waals surface area contributed by atoms with E-state index < -0.39 is 6.23 Å². The van der Waals surface area contributed by atoms with E-state index in [0.29, 0.717) is 6.61 Å². The molecule has 7 nitrogen and oxygen atoms in total. The SMILES string of the molecule is Cc1cc(Nc2ncnc3sc4c(c23)CCC(C(O)N(C)C)C4)c(OCCN2CCCC2)cc1C. The van der Waals surface area contributed by atoms with E-state index in [9.17, 15) is 5.11 Å². The van der Waals surface area contributed by atoms with Gasteiger partial charge in [-0.05, 0) is 102 Å². The fraction of sp³-hybridized carbons (Fsp3) is 0.556. The first-order chi connectivity index (χ1) is 16.9. The second-order valence-corrected chi connectivity index (χ2v) is 11.3. The Labute approximate surface area is 212 Å². The van der Waals surface area contributed by atoms with E-state index in [1.807, 2.05) is 19.0 Å². The minimum Gasteiger partial charge on any atom is -0.490 e. The lowest BCUT2D eigenvalue weighted by atomic mass is 9.86. The molecule has 2 atom stereocenters. The Kier molecular flexibility index (Phi) is 7.25. The van der Waals surface area contributed by atoms with Crippen molar-refractivity contribution in [3.05, 3.63) is 40.0 Å². The van der Waals surface area contributed by atoms with Gasteiger partial charge in [0.25, 0.3) is 0 Å². The van der Waals surface area contributed by atoms with E-state index in [-0.39, 0.29) is 5.92 Å². The van der Waals surface area contributed by atoms with Crippen molar-refractivity contribution in [2.24, 2.45) is 5.92 Å². The lowest BCUT2D eigenvalue weighted by Gasteiger charge is -2.30. The average Bonchev–Trinajstić information content (AvgIpc) is 3.49. The van der Waals surface area contributed by atoms with Crippen molar-refractivity contribution < 1.29 is 9.84 Å². The second kappa shape index (κ2) is 10.4. The van der Waals surface area contributed by atoms with Crippen LogP contribution < -0.4 is 10.1 Å². The summed E-state index contributed by atoms with van der Waals surface area (Å²) >= 11 is 1.74. The first-order valence-corrected chi connectivity index (χ1v) is 13.6. The fourth-order valence-electron chi connectivity index (χ4n) is 5.33. The number of aliphatic hydroxyl groups excluding tert-OH is 1. The molecular formula is C27H37N5O2S. The maximum absolute atomic E-state index is 10.6. The van der Waals surface area contributed by atoms with Crippen molar-refractivity contribution in [1.29, 1.82) is 0 Å². The number of nitrogens with one attached hydrogen (secondary N) is 1. The number of rotatable bonds is 8. The summed E-state index contributed by atoms with van der Waals surface area (Å²) in [6, 6.07) is 4.30. The minimum atomic E-state index is -0.423. The van der Waals surface area contributed by atoms with Gasteiger partial charge < -0.3 is 15.2 Å². The maximum Gasteiger partial charge on any atom is 0.143 e. The molecule has 1 fully saturated rings. The number of nitrogens with zero attached hydrogens (tertiary/aromatic N) is 4. The Morgan fingerprint density at radius 3 is 2.74 bits per heavy atom. The Morgan fingerprint density at radius 1 is 1.20 bits per heavy atom. The number of anilines is 2. The number of hydrogen-bond acceptors (Lipinski definition) is 8. The number of likely N-dealkylation sites (tertiary alicyclic amines) is 1. The van der Waals surface area contributed by atoms with Crippen LogP contribution in [0.3, 0.4) is 0 Å².